The predicted molar refractivity (Wildman–Crippen MR) is 83.1 cm³/mol. The number of hydrogen-bond donors (Lipinski definition) is 1. The van der Waals surface area contributed by atoms with E-state index in [1.165, 1.54) is 25.3 Å². The molecule has 2 aliphatic heterocycles. The van der Waals surface area contributed by atoms with Gasteiger partial charge in [0.15, 0.2) is 0 Å². The van der Waals surface area contributed by atoms with Crippen LogP contribution in [0.3, 0.4) is 0 Å². The summed E-state index contributed by atoms with van der Waals surface area (Å²) in [5, 5.41) is 3.92. The van der Waals surface area contributed by atoms with E-state index in [9.17, 15) is 4.39 Å². The summed E-state index contributed by atoms with van der Waals surface area (Å²) in [4.78, 5) is 2.44. The highest BCUT2D eigenvalue weighted by molar-refractivity contribution is 6.30. The number of hydrogen-bond acceptors (Lipinski definition) is 2. The lowest BCUT2D eigenvalue weighted by Crippen LogP contribution is -2.38. The van der Waals surface area contributed by atoms with Crippen molar-refractivity contribution in [1.29, 1.82) is 0 Å². The minimum atomic E-state index is -0.238. The monoisotopic (exact) mass is 318 g/mol. The van der Waals surface area contributed by atoms with Gasteiger partial charge in [-0.25, -0.2) is 4.39 Å². The molecule has 112 valence electrons. The third-order valence-corrected chi connectivity index (χ3v) is 4.73. The third-order valence-electron chi connectivity index (χ3n) is 4.51. The summed E-state index contributed by atoms with van der Waals surface area (Å²) in [7, 11) is 0. The number of halogens is 3. The Morgan fingerprint density at radius 3 is 2.65 bits per heavy atom. The standard InChI is InChI=1S/C15H20ClFN2.ClH/c16-13-7-12(8-14(17)9-13)10-19-6-3-15(11-19)1-4-18-5-2-15;/h7-9,18H,1-6,10-11H2;1H. The Labute approximate surface area is 131 Å². The van der Waals surface area contributed by atoms with Crippen molar-refractivity contribution in [2.45, 2.75) is 25.8 Å². The summed E-state index contributed by atoms with van der Waals surface area (Å²) < 4.78 is 13.3. The van der Waals surface area contributed by atoms with Crippen molar-refractivity contribution < 1.29 is 4.39 Å². The summed E-state index contributed by atoms with van der Waals surface area (Å²) in [5.41, 5.74) is 1.48. The largest absolute Gasteiger partial charge is 0.317 e. The van der Waals surface area contributed by atoms with Crippen LogP contribution in [0.25, 0.3) is 0 Å². The molecule has 1 spiro atoms. The van der Waals surface area contributed by atoms with Crippen LogP contribution in [0, 0.1) is 11.2 Å². The Balaban J connectivity index is 0.00000147. The first-order valence-electron chi connectivity index (χ1n) is 7.03. The van der Waals surface area contributed by atoms with Gasteiger partial charge in [0.25, 0.3) is 0 Å². The van der Waals surface area contributed by atoms with Crippen LogP contribution in [0.5, 0.6) is 0 Å². The molecule has 0 amide bonds. The fraction of sp³-hybridized carbons (Fsp3) is 0.600. The van der Waals surface area contributed by atoms with Crippen molar-refractivity contribution in [2.75, 3.05) is 26.2 Å². The Morgan fingerprint density at radius 1 is 1.20 bits per heavy atom. The van der Waals surface area contributed by atoms with Crippen LogP contribution in [0.4, 0.5) is 4.39 Å². The Morgan fingerprint density at radius 2 is 1.95 bits per heavy atom. The topological polar surface area (TPSA) is 15.3 Å². The number of piperidine rings is 1. The van der Waals surface area contributed by atoms with E-state index in [1.807, 2.05) is 6.07 Å². The molecule has 0 radical (unpaired) electrons. The quantitative estimate of drug-likeness (QED) is 0.898. The molecule has 2 nitrogen and oxygen atoms in total. The van der Waals surface area contributed by atoms with E-state index in [0.717, 1.165) is 38.3 Å². The first-order valence-corrected chi connectivity index (χ1v) is 7.41. The van der Waals surface area contributed by atoms with E-state index in [1.54, 1.807) is 6.07 Å². The Bertz CT molecular complexity index is 441. The van der Waals surface area contributed by atoms with E-state index in [4.69, 9.17) is 11.6 Å². The molecule has 2 heterocycles. The van der Waals surface area contributed by atoms with Gasteiger partial charge in [-0.2, -0.15) is 0 Å². The summed E-state index contributed by atoms with van der Waals surface area (Å²) in [5.74, 6) is -0.238. The summed E-state index contributed by atoms with van der Waals surface area (Å²) >= 11 is 5.91. The van der Waals surface area contributed by atoms with Crippen LogP contribution in [-0.4, -0.2) is 31.1 Å². The van der Waals surface area contributed by atoms with E-state index in [2.05, 4.69) is 10.2 Å². The highest BCUT2D eigenvalue weighted by Gasteiger charge is 2.38. The molecule has 1 N–H and O–H groups in total. The van der Waals surface area contributed by atoms with Gasteiger partial charge in [0.1, 0.15) is 5.82 Å². The van der Waals surface area contributed by atoms with Gasteiger partial charge in [-0.15, -0.1) is 12.4 Å². The van der Waals surface area contributed by atoms with Crippen molar-refractivity contribution in [3.05, 3.63) is 34.6 Å². The molecule has 2 fully saturated rings. The normalized spacial score (nSPS) is 21.9. The zero-order valence-corrected chi connectivity index (χ0v) is 13.1. The second-order valence-corrected chi connectivity index (χ2v) is 6.42. The molecule has 0 bridgehead atoms. The molecule has 0 unspecified atom stereocenters. The number of rotatable bonds is 2. The van der Waals surface area contributed by atoms with Gasteiger partial charge in [0.05, 0.1) is 0 Å². The second-order valence-electron chi connectivity index (χ2n) is 5.99. The van der Waals surface area contributed by atoms with Gasteiger partial charge in [-0.05, 0) is 68.1 Å². The van der Waals surface area contributed by atoms with E-state index in [0.29, 0.717) is 10.4 Å². The maximum Gasteiger partial charge on any atom is 0.125 e. The molecule has 5 heteroatoms. The molecule has 0 aromatic heterocycles. The van der Waals surface area contributed by atoms with Gasteiger partial charge in [-0.3, -0.25) is 4.90 Å². The van der Waals surface area contributed by atoms with Crippen LogP contribution in [-0.2, 0) is 6.54 Å². The van der Waals surface area contributed by atoms with Gasteiger partial charge >= 0.3 is 0 Å². The minimum absolute atomic E-state index is 0. The van der Waals surface area contributed by atoms with Crippen molar-refractivity contribution in [3.63, 3.8) is 0 Å². The fourth-order valence-corrected chi connectivity index (χ4v) is 3.73. The van der Waals surface area contributed by atoms with Crippen LogP contribution in [0.15, 0.2) is 18.2 Å². The van der Waals surface area contributed by atoms with E-state index >= 15 is 0 Å². The molecule has 0 atom stereocenters. The molecule has 3 rings (SSSR count). The lowest BCUT2D eigenvalue weighted by atomic mass is 9.78. The van der Waals surface area contributed by atoms with Crippen LogP contribution in [0.1, 0.15) is 24.8 Å². The molecule has 0 saturated carbocycles. The van der Waals surface area contributed by atoms with Crippen LogP contribution >= 0.6 is 24.0 Å². The van der Waals surface area contributed by atoms with Gasteiger partial charge in [0.2, 0.25) is 0 Å². The molecule has 2 saturated heterocycles. The summed E-state index contributed by atoms with van der Waals surface area (Å²) in [6, 6.07) is 4.83. The highest BCUT2D eigenvalue weighted by atomic mass is 35.5. The Kier molecular flexibility index (Phi) is 5.30. The van der Waals surface area contributed by atoms with E-state index in [-0.39, 0.29) is 18.2 Å². The van der Waals surface area contributed by atoms with Crippen molar-refractivity contribution in [1.82, 2.24) is 10.2 Å². The molecule has 2 aliphatic rings. The van der Waals surface area contributed by atoms with Crippen LogP contribution in [0.2, 0.25) is 5.02 Å². The van der Waals surface area contributed by atoms with Crippen molar-refractivity contribution >= 4 is 24.0 Å². The average molecular weight is 319 g/mol. The average Bonchev–Trinajstić information content (AvgIpc) is 2.71. The fourth-order valence-electron chi connectivity index (χ4n) is 3.49. The molecular weight excluding hydrogens is 298 g/mol. The number of likely N-dealkylation sites (tertiary alicyclic amines) is 1. The lowest BCUT2D eigenvalue weighted by molar-refractivity contribution is 0.194. The molecule has 1 aromatic rings. The first kappa shape index (κ1) is 16.0. The number of nitrogens with one attached hydrogen (secondary N) is 1. The van der Waals surface area contributed by atoms with Gasteiger partial charge < -0.3 is 5.32 Å². The van der Waals surface area contributed by atoms with Gasteiger partial charge in [-0.1, -0.05) is 11.6 Å². The van der Waals surface area contributed by atoms with Crippen LogP contribution < -0.4 is 5.32 Å². The van der Waals surface area contributed by atoms with E-state index < -0.39 is 0 Å². The molecule has 0 aliphatic carbocycles. The maximum absolute atomic E-state index is 13.3. The number of benzene rings is 1. The molecule has 1 aromatic carbocycles. The highest BCUT2D eigenvalue weighted by Crippen LogP contribution is 2.39. The minimum Gasteiger partial charge on any atom is -0.317 e. The maximum atomic E-state index is 13.3. The SMILES string of the molecule is Cl.Fc1cc(Cl)cc(CN2CCC3(CCNCC3)C2)c1. The zero-order valence-electron chi connectivity index (χ0n) is 11.5. The Hall–Kier alpha value is -0.350. The second kappa shape index (κ2) is 6.61. The number of nitrogens with zero attached hydrogens (tertiary/aromatic N) is 1. The zero-order chi connectivity index (χ0) is 13.3. The molecule has 20 heavy (non-hydrogen) atoms. The molecular formula is C15H21Cl2FN2. The summed E-state index contributed by atoms with van der Waals surface area (Å²) in [6.45, 7) is 5.35. The predicted octanol–water partition coefficient (Wildman–Crippen LogP) is 3.48. The van der Waals surface area contributed by atoms with Crippen molar-refractivity contribution in [3.8, 4) is 0 Å². The lowest BCUT2D eigenvalue weighted by Gasteiger charge is -2.33. The third kappa shape index (κ3) is 3.64. The smallest absolute Gasteiger partial charge is 0.125 e. The van der Waals surface area contributed by atoms with Crippen molar-refractivity contribution in [2.24, 2.45) is 5.41 Å². The first-order chi connectivity index (χ1) is 9.15. The summed E-state index contributed by atoms with van der Waals surface area (Å²) in [6.07, 6.45) is 3.82. The van der Waals surface area contributed by atoms with Gasteiger partial charge in [0, 0.05) is 18.1 Å².